The molecule has 0 bridgehead atoms. The summed E-state index contributed by atoms with van der Waals surface area (Å²) in [6.07, 6.45) is 2.13. The van der Waals surface area contributed by atoms with E-state index in [2.05, 4.69) is 22.2 Å². The van der Waals surface area contributed by atoms with Crippen molar-refractivity contribution in [2.45, 2.75) is 19.5 Å². The molecule has 3 aromatic rings. The van der Waals surface area contributed by atoms with Gasteiger partial charge in [-0.3, -0.25) is 14.3 Å². The Balaban J connectivity index is 1.53. The normalized spacial score (nSPS) is 13.5. The van der Waals surface area contributed by atoms with Gasteiger partial charge in [-0.05, 0) is 17.7 Å². The summed E-state index contributed by atoms with van der Waals surface area (Å²) in [5, 5.41) is 4.97. The largest absolute Gasteiger partial charge is 0.331 e. The lowest BCUT2D eigenvalue weighted by atomic mass is 10.1. The van der Waals surface area contributed by atoms with Crippen molar-refractivity contribution in [3.63, 3.8) is 0 Å². The molecule has 0 fully saturated rings. The van der Waals surface area contributed by atoms with Crippen LogP contribution in [-0.2, 0) is 19.5 Å². The lowest BCUT2D eigenvalue weighted by Crippen LogP contribution is -2.40. The monoisotopic (exact) mass is 368 g/mol. The second-order valence-corrected chi connectivity index (χ2v) is 6.74. The molecule has 1 amide bonds. The third-order valence-corrected chi connectivity index (χ3v) is 4.68. The number of hydrogen-bond acceptors (Lipinski definition) is 3. The van der Waals surface area contributed by atoms with Gasteiger partial charge in [-0.2, -0.15) is 5.10 Å². The molecule has 2 aromatic heterocycles. The predicted octanol–water partition coefficient (Wildman–Crippen LogP) is 2.47. The molecule has 0 saturated heterocycles. The summed E-state index contributed by atoms with van der Waals surface area (Å²) in [4.78, 5) is 28.8. The first-order valence-electron chi connectivity index (χ1n) is 8.37. The minimum Gasteiger partial charge on any atom is -0.331 e. The standard InChI is InChI=1S/C19H17ClN4O2/c20-14-9-17(18(25)21-11-14)19(26)23-6-7-24-16(12-23)10-15(22-24)8-13-4-2-1-3-5-13/h1-5,9-11H,6-8,12H2,(H,21,25). The Kier molecular flexibility index (Phi) is 4.34. The molecular formula is C19H17ClN4O2. The third-order valence-electron chi connectivity index (χ3n) is 4.46. The summed E-state index contributed by atoms with van der Waals surface area (Å²) in [5.74, 6) is -0.314. The van der Waals surface area contributed by atoms with Crippen LogP contribution in [0.5, 0.6) is 0 Å². The predicted molar refractivity (Wildman–Crippen MR) is 98.3 cm³/mol. The first kappa shape index (κ1) is 16.6. The van der Waals surface area contributed by atoms with Crippen LogP contribution in [-0.4, -0.2) is 32.1 Å². The van der Waals surface area contributed by atoms with E-state index in [1.165, 1.54) is 17.8 Å². The van der Waals surface area contributed by atoms with E-state index in [0.717, 1.165) is 17.8 Å². The second-order valence-electron chi connectivity index (χ2n) is 6.30. The van der Waals surface area contributed by atoms with Crippen molar-refractivity contribution in [2.75, 3.05) is 6.54 Å². The van der Waals surface area contributed by atoms with Gasteiger partial charge in [0.25, 0.3) is 11.5 Å². The molecule has 132 valence electrons. The van der Waals surface area contributed by atoms with E-state index < -0.39 is 5.56 Å². The van der Waals surface area contributed by atoms with Crippen molar-refractivity contribution in [2.24, 2.45) is 0 Å². The third kappa shape index (κ3) is 3.28. The quantitative estimate of drug-likeness (QED) is 0.772. The summed E-state index contributed by atoms with van der Waals surface area (Å²) >= 11 is 5.91. The van der Waals surface area contributed by atoms with E-state index in [1.54, 1.807) is 4.90 Å². The van der Waals surface area contributed by atoms with Gasteiger partial charge in [0, 0.05) is 19.2 Å². The molecule has 0 spiro atoms. The van der Waals surface area contributed by atoms with E-state index in [4.69, 9.17) is 11.6 Å². The van der Waals surface area contributed by atoms with E-state index in [-0.39, 0.29) is 11.5 Å². The number of nitrogens with one attached hydrogen (secondary N) is 1. The average Bonchev–Trinajstić information content (AvgIpc) is 3.05. The molecule has 0 atom stereocenters. The first-order chi connectivity index (χ1) is 12.6. The number of benzene rings is 1. The highest BCUT2D eigenvalue weighted by Crippen LogP contribution is 2.18. The molecule has 1 N–H and O–H groups in total. The zero-order valence-corrected chi connectivity index (χ0v) is 14.7. The number of nitrogens with zero attached hydrogens (tertiary/aromatic N) is 3. The molecule has 26 heavy (non-hydrogen) atoms. The maximum atomic E-state index is 12.7. The summed E-state index contributed by atoms with van der Waals surface area (Å²) < 4.78 is 1.93. The highest BCUT2D eigenvalue weighted by atomic mass is 35.5. The first-order valence-corrected chi connectivity index (χ1v) is 8.75. The smallest absolute Gasteiger partial charge is 0.260 e. The molecule has 0 unspecified atom stereocenters. The number of rotatable bonds is 3. The molecule has 0 aliphatic carbocycles. The molecule has 1 aliphatic rings. The highest BCUT2D eigenvalue weighted by Gasteiger charge is 2.25. The molecule has 3 heterocycles. The van der Waals surface area contributed by atoms with Gasteiger partial charge in [0.15, 0.2) is 0 Å². The summed E-state index contributed by atoms with van der Waals surface area (Å²) in [7, 11) is 0. The number of amides is 1. The number of pyridine rings is 1. The van der Waals surface area contributed by atoms with Crippen molar-refractivity contribution >= 4 is 17.5 Å². The number of carbonyl (C=O) groups excluding carboxylic acids is 1. The maximum Gasteiger partial charge on any atom is 0.260 e. The van der Waals surface area contributed by atoms with E-state index in [1.807, 2.05) is 28.9 Å². The van der Waals surface area contributed by atoms with Gasteiger partial charge in [0.1, 0.15) is 5.56 Å². The van der Waals surface area contributed by atoms with Crippen molar-refractivity contribution in [1.29, 1.82) is 0 Å². The topological polar surface area (TPSA) is 71.0 Å². The summed E-state index contributed by atoms with van der Waals surface area (Å²) in [5.41, 5.74) is 2.77. The summed E-state index contributed by atoms with van der Waals surface area (Å²) in [6.45, 7) is 1.53. The Bertz CT molecular complexity index is 1010. The Morgan fingerprint density at radius 2 is 2.00 bits per heavy atom. The van der Waals surface area contributed by atoms with Crippen LogP contribution < -0.4 is 5.56 Å². The van der Waals surface area contributed by atoms with Crippen LogP contribution >= 0.6 is 11.6 Å². The van der Waals surface area contributed by atoms with Crippen LogP contribution in [0.2, 0.25) is 5.02 Å². The molecular weight excluding hydrogens is 352 g/mol. The van der Waals surface area contributed by atoms with Gasteiger partial charge in [-0.15, -0.1) is 0 Å². The fourth-order valence-electron chi connectivity index (χ4n) is 3.18. The van der Waals surface area contributed by atoms with Crippen LogP contribution in [0.25, 0.3) is 0 Å². The van der Waals surface area contributed by atoms with Crippen molar-refractivity contribution in [1.82, 2.24) is 19.7 Å². The number of fused-ring (bicyclic) bond motifs is 1. The average molecular weight is 369 g/mol. The fourth-order valence-corrected chi connectivity index (χ4v) is 3.34. The van der Waals surface area contributed by atoms with Gasteiger partial charge < -0.3 is 9.88 Å². The molecule has 6 nitrogen and oxygen atoms in total. The highest BCUT2D eigenvalue weighted by molar-refractivity contribution is 6.30. The number of H-pyrrole nitrogens is 1. The van der Waals surface area contributed by atoms with Crippen molar-refractivity contribution in [3.05, 3.63) is 86.6 Å². The van der Waals surface area contributed by atoms with Gasteiger partial charge in [-0.25, -0.2) is 0 Å². The van der Waals surface area contributed by atoms with Gasteiger partial charge in [-0.1, -0.05) is 41.9 Å². The Morgan fingerprint density at radius 1 is 1.19 bits per heavy atom. The molecule has 4 rings (SSSR count). The maximum absolute atomic E-state index is 12.7. The lowest BCUT2D eigenvalue weighted by Gasteiger charge is -2.27. The van der Waals surface area contributed by atoms with E-state index in [0.29, 0.717) is 24.7 Å². The SMILES string of the molecule is O=C(c1cc(Cl)c[nH]c1=O)N1CCn2nc(Cc3ccccc3)cc2C1. The number of hydrogen-bond donors (Lipinski definition) is 1. The Hall–Kier alpha value is -2.86. The van der Waals surface area contributed by atoms with Crippen LogP contribution in [0, 0.1) is 0 Å². The van der Waals surface area contributed by atoms with E-state index >= 15 is 0 Å². The molecule has 0 saturated carbocycles. The van der Waals surface area contributed by atoms with Crippen LogP contribution in [0.15, 0.2) is 53.5 Å². The van der Waals surface area contributed by atoms with Gasteiger partial charge in [0.2, 0.25) is 0 Å². The van der Waals surface area contributed by atoms with Crippen LogP contribution in [0.1, 0.15) is 27.3 Å². The zero-order valence-electron chi connectivity index (χ0n) is 14.0. The zero-order chi connectivity index (χ0) is 18.1. The van der Waals surface area contributed by atoms with Crippen LogP contribution in [0.3, 0.4) is 0 Å². The molecule has 0 radical (unpaired) electrons. The van der Waals surface area contributed by atoms with Crippen LogP contribution in [0.4, 0.5) is 0 Å². The summed E-state index contributed by atoms with van der Waals surface area (Å²) in [6, 6.07) is 13.6. The van der Waals surface area contributed by atoms with Gasteiger partial charge >= 0.3 is 0 Å². The molecule has 7 heteroatoms. The number of carbonyl (C=O) groups is 1. The Labute approximate surface area is 155 Å². The fraction of sp³-hybridized carbons (Fsp3) is 0.211. The van der Waals surface area contributed by atoms with Crippen molar-refractivity contribution < 1.29 is 4.79 Å². The number of aromatic nitrogens is 3. The molecule has 1 aromatic carbocycles. The van der Waals surface area contributed by atoms with Crippen molar-refractivity contribution in [3.8, 4) is 0 Å². The minimum atomic E-state index is -0.428. The lowest BCUT2D eigenvalue weighted by molar-refractivity contribution is 0.0704. The van der Waals surface area contributed by atoms with Gasteiger partial charge in [0.05, 0.1) is 29.5 Å². The van der Waals surface area contributed by atoms with E-state index in [9.17, 15) is 9.59 Å². The second kappa shape index (κ2) is 6.80. The Morgan fingerprint density at radius 3 is 2.81 bits per heavy atom. The minimum absolute atomic E-state index is 0.0648. The number of halogens is 1. The molecule has 1 aliphatic heterocycles. The number of aromatic amines is 1.